The average Bonchev–Trinajstić information content (AvgIpc) is 3.17. The fraction of sp³-hybridized carbons (Fsp3) is 0.500. The fourth-order valence-electron chi connectivity index (χ4n) is 4.37. The Kier molecular flexibility index (Phi) is 6.30. The second-order valence-corrected chi connectivity index (χ2v) is 8.74. The van der Waals surface area contributed by atoms with Gasteiger partial charge in [0.2, 0.25) is 5.91 Å². The van der Waals surface area contributed by atoms with Crippen molar-refractivity contribution in [3.05, 3.63) is 46.9 Å². The third kappa shape index (κ3) is 4.69. The molecule has 8 heteroatoms. The highest BCUT2D eigenvalue weighted by Gasteiger charge is 2.27. The Bertz CT molecular complexity index is 1020. The minimum absolute atomic E-state index is 0.0237. The van der Waals surface area contributed by atoms with Gasteiger partial charge in [-0.1, -0.05) is 0 Å². The normalized spacial score (nSPS) is 18.1. The summed E-state index contributed by atoms with van der Waals surface area (Å²) in [7, 11) is 3.57. The molecular weight excluding hydrogens is 406 g/mol. The maximum atomic E-state index is 13.1. The number of ether oxygens (including phenoxy) is 1. The van der Waals surface area contributed by atoms with Crippen LogP contribution in [-0.2, 0) is 17.8 Å². The fourth-order valence-corrected chi connectivity index (χ4v) is 4.37. The van der Waals surface area contributed by atoms with Crippen LogP contribution >= 0.6 is 0 Å². The number of nitrogens with one attached hydrogen (secondary N) is 1. The first-order valence-corrected chi connectivity index (χ1v) is 11.2. The van der Waals surface area contributed by atoms with Crippen LogP contribution in [0.15, 0.2) is 24.3 Å². The number of piperidine rings is 1. The predicted molar refractivity (Wildman–Crippen MR) is 122 cm³/mol. The standard InChI is InChI=1S/C24H31N5O3/c1-15-11-19-12-18(5-6-21(19)32-15)24(31)29-9-7-17(8-10-29)20-13-22(25-3)27-23(26-20)14-28(4)16(2)30/h5-6,12-13,15,17H,7-11,14H2,1-4H3,(H,25,26,27)/t15-/m1/s1. The van der Waals surface area contributed by atoms with E-state index in [2.05, 4.69) is 10.3 Å². The molecule has 1 fully saturated rings. The first kappa shape index (κ1) is 22.0. The summed E-state index contributed by atoms with van der Waals surface area (Å²) >= 11 is 0. The van der Waals surface area contributed by atoms with E-state index in [1.54, 1.807) is 11.9 Å². The van der Waals surface area contributed by atoms with Crippen molar-refractivity contribution in [2.75, 3.05) is 32.5 Å². The molecule has 1 N–H and O–H groups in total. The smallest absolute Gasteiger partial charge is 0.253 e. The zero-order chi connectivity index (χ0) is 22.8. The molecule has 8 nitrogen and oxygen atoms in total. The quantitative estimate of drug-likeness (QED) is 0.774. The summed E-state index contributed by atoms with van der Waals surface area (Å²) in [5.41, 5.74) is 2.81. The van der Waals surface area contributed by atoms with Gasteiger partial charge < -0.3 is 19.9 Å². The van der Waals surface area contributed by atoms with Gasteiger partial charge in [-0.15, -0.1) is 0 Å². The van der Waals surface area contributed by atoms with Gasteiger partial charge in [-0.25, -0.2) is 9.97 Å². The number of amides is 2. The van der Waals surface area contributed by atoms with Gasteiger partial charge in [0.1, 0.15) is 23.5 Å². The maximum Gasteiger partial charge on any atom is 0.253 e. The lowest BCUT2D eigenvalue weighted by molar-refractivity contribution is -0.128. The van der Waals surface area contributed by atoms with Crippen LogP contribution < -0.4 is 10.1 Å². The molecule has 0 unspecified atom stereocenters. The SMILES string of the molecule is CNc1cc(C2CCN(C(=O)c3ccc4c(c3)C[C@@H](C)O4)CC2)nc(CN(C)C(C)=O)n1. The molecule has 0 saturated carbocycles. The average molecular weight is 438 g/mol. The lowest BCUT2D eigenvalue weighted by Gasteiger charge is -2.32. The van der Waals surface area contributed by atoms with E-state index in [9.17, 15) is 9.59 Å². The van der Waals surface area contributed by atoms with E-state index in [0.717, 1.165) is 47.7 Å². The van der Waals surface area contributed by atoms with Crippen LogP contribution in [0.1, 0.15) is 60.0 Å². The number of aromatic nitrogens is 2. The molecule has 1 aromatic carbocycles. The van der Waals surface area contributed by atoms with Crippen LogP contribution in [0.5, 0.6) is 5.75 Å². The number of nitrogens with zero attached hydrogens (tertiary/aromatic N) is 4. The Morgan fingerprint density at radius 2 is 1.97 bits per heavy atom. The number of hydrogen-bond donors (Lipinski definition) is 1. The van der Waals surface area contributed by atoms with Gasteiger partial charge in [-0.05, 0) is 43.5 Å². The number of rotatable bonds is 5. The molecule has 2 aliphatic rings. The summed E-state index contributed by atoms with van der Waals surface area (Å²) in [6.45, 7) is 5.33. The highest BCUT2D eigenvalue weighted by molar-refractivity contribution is 5.94. The Morgan fingerprint density at radius 3 is 2.66 bits per heavy atom. The summed E-state index contributed by atoms with van der Waals surface area (Å²) in [5.74, 6) is 2.57. The number of fused-ring (bicyclic) bond motifs is 1. The van der Waals surface area contributed by atoms with E-state index in [4.69, 9.17) is 9.72 Å². The third-order valence-electron chi connectivity index (χ3n) is 6.31. The molecule has 170 valence electrons. The van der Waals surface area contributed by atoms with Crippen molar-refractivity contribution >= 4 is 17.6 Å². The Balaban J connectivity index is 1.43. The monoisotopic (exact) mass is 437 g/mol. The van der Waals surface area contributed by atoms with E-state index in [0.29, 0.717) is 25.5 Å². The van der Waals surface area contributed by atoms with Crippen molar-refractivity contribution < 1.29 is 14.3 Å². The Labute approximate surface area is 189 Å². The molecule has 1 aromatic heterocycles. The molecule has 4 rings (SSSR count). The van der Waals surface area contributed by atoms with Crippen molar-refractivity contribution in [1.82, 2.24) is 19.8 Å². The number of carbonyl (C=O) groups is 2. The van der Waals surface area contributed by atoms with Crippen LogP contribution in [0.25, 0.3) is 0 Å². The first-order chi connectivity index (χ1) is 15.3. The van der Waals surface area contributed by atoms with Crippen LogP contribution in [0.4, 0.5) is 5.82 Å². The molecule has 3 heterocycles. The van der Waals surface area contributed by atoms with Gasteiger partial charge in [0, 0.05) is 63.8 Å². The van der Waals surface area contributed by atoms with E-state index in [1.807, 2.05) is 43.1 Å². The predicted octanol–water partition coefficient (Wildman–Crippen LogP) is 2.84. The van der Waals surface area contributed by atoms with Gasteiger partial charge >= 0.3 is 0 Å². The van der Waals surface area contributed by atoms with Crippen molar-refractivity contribution in [2.45, 2.75) is 51.7 Å². The highest BCUT2D eigenvalue weighted by atomic mass is 16.5. The van der Waals surface area contributed by atoms with Crippen LogP contribution in [-0.4, -0.2) is 64.9 Å². The molecule has 2 aromatic rings. The van der Waals surface area contributed by atoms with Gasteiger partial charge in [-0.3, -0.25) is 9.59 Å². The zero-order valence-corrected chi connectivity index (χ0v) is 19.2. The van der Waals surface area contributed by atoms with E-state index < -0.39 is 0 Å². The van der Waals surface area contributed by atoms with Crippen molar-refractivity contribution in [3.63, 3.8) is 0 Å². The van der Waals surface area contributed by atoms with E-state index in [-0.39, 0.29) is 23.8 Å². The molecule has 0 aliphatic carbocycles. The Hall–Kier alpha value is -3.16. The molecule has 1 saturated heterocycles. The molecule has 2 aliphatic heterocycles. The molecule has 0 spiro atoms. The summed E-state index contributed by atoms with van der Waals surface area (Å²) in [5, 5.41) is 3.09. The number of hydrogen-bond acceptors (Lipinski definition) is 6. The Morgan fingerprint density at radius 1 is 1.22 bits per heavy atom. The van der Waals surface area contributed by atoms with Gasteiger partial charge in [0.05, 0.1) is 6.54 Å². The molecule has 0 radical (unpaired) electrons. The number of likely N-dealkylation sites (tertiary alicyclic amines) is 1. The number of anilines is 1. The lowest BCUT2D eigenvalue weighted by Crippen LogP contribution is -2.38. The van der Waals surface area contributed by atoms with Crippen molar-refractivity contribution in [3.8, 4) is 5.75 Å². The minimum atomic E-state index is -0.0237. The summed E-state index contributed by atoms with van der Waals surface area (Å²) < 4.78 is 5.75. The van der Waals surface area contributed by atoms with Crippen molar-refractivity contribution in [2.24, 2.45) is 0 Å². The van der Waals surface area contributed by atoms with Gasteiger partial charge in [0.25, 0.3) is 5.91 Å². The molecule has 2 amide bonds. The molecule has 32 heavy (non-hydrogen) atoms. The minimum Gasteiger partial charge on any atom is -0.490 e. The van der Waals surface area contributed by atoms with Crippen LogP contribution in [0.2, 0.25) is 0 Å². The van der Waals surface area contributed by atoms with Crippen LogP contribution in [0, 0.1) is 0 Å². The maximum absolute atomic E-state index is 13.1. The topological polar surface area (TPSA) is 87.7 Å². The zero-order valence-electron chi connectivity index (χ0n) is 19.2. The third-order valence-corrected chi connectivity index (χ3v) is 6.31. The molecule has 0 bridgehead atoms. The summed E-state index contributed by atoms with van der Waals surface area (Å²) in [6.07, 6.45) is 2.71. The lowest BCUT2D eigenvalue weighted by atomic mass is 9.92. The second kappa shape index (κ2) is 9.14. The first-order valence-electron chi connectivity index (χ1n) is 11.2. The molecular formula is C24H31N5O3. The second-order valence-electron chi connectivity index (χ2n) is 8.74. The summed E-state index contributed by atoms with van der Waals surface area (Å²) in [6, 6.07) is 7.74. The number of carbonyl (C=O) groups excluding carboxylic acids is 2. The van der Waals surface area contributed by atoms with Gasteiger partial charge in [0.15, 0.2) is 0 Å². The van der Waals surface area contributed by atoms with Gasteiger partial charge in [-0.2, -0.15) is 0 Å². The van der Waals surface area contributed by atoms with E-state index >= 15 is 0 Å². The largest absolute Gasteiger partial charge is 0.490 e. The highest BCUT2D eigenvalue weighted by Crippen LogP contribution is 2.32. The van der Waals surface area contributed by atoms with E-state index in [1.165, 1.54) is 6.92 Å². The van der Waals surface area contributed by atoms with Crippen LogP contribution in [0.3, 0.4) is 0 Å². The summed E-state index contributed by atoms with van der Waals surface area (Å²) in [4.78, 5) is 37.4. The molecule has 1 atom stereocenters. The number of benzene rings is 1. The van der Waals surface area contributed by atoms with Crippen molar-refractivity contribution in [1.29, 1.82) is 0 Å².